The van der Waals surface area contributed by atoms with Crippen LogP contribution in [0.1, 0.15) is 20.8 Å². The lowest BCUT2D eigenvalue weighted by Gasteiger charge is -2.18. The van der Waals surface area contributed by atoms with Gasteiger partial charge in [0, 0.05) is 17.7 Å². The monoisotopic (exact) mass is 185 g/mol. The molecule has 0 heterocycles. The van der Waals surface area contributed by atoms with Crippen molar-refractivity contribution in [1.82, 2.24) is 5.32 Å². The average molecular weight is 185 g/mol. The molecule has 0 aliphatic rings. The molecule has 4 nitrogen and oxygen atoms in total. The summed E-state index contributed by atoms with van der Waals surface area (Å²) in [5, 5.41) is 2.67. The number of esters is 1. The van der Waals surface area contributed by atoms with E-state index >= 15 is 0 Å². The van der Waals surface area contributed by atoms with Gasteiger partial charge in [-0.25, -0.2) is 4.79 Å². The summed E-state index contributed by atoms with van der Waals surface area (Å²) in [5.41, 5.74) is -0.294. The zero-order valence-corrected chi connectivity index (χ0v) is 8.38. The van der Waals surface area contributed by atoms with Crippen LogP contribution in [0.5, 0.6) is 0 Å². The van der Waals surface area contributed by atoms with Crippen LogP contribution in [0.4, 0.5) is 0 Å². The summed E-state index contributed by atoms with van der Waals surface area (Å²) in [6, 6.07) is 0. The molecular formula is C9H15NO3. The predicted octanol–water partition coefficient (Wildman–Crippen LogP) is 0.630. The number of hydrogen-bond donors (Lipinski definition) is 1. The van der Waals surface area contributed by atoms with Crippen molar-refractivity contribution in [3.8, 4) is 0 Å². The third kappa shape index (κ3) is 7.05. The van der Waals surface area contributed by atoms with E-state index in [0.29, 0.717) is 0 Å². The van der Waals surface area contributed by atoms with Crippen LogP contribution < -0.4 is 5.32 Å². The maximum absolute atomic E-state index is 11.1. The molecule has 0 aromatic heterocycles. The van der Waals surface area contributed by atoms with Crippen LogP contribution in [0.2, 0.25) is 0 Å². The molecule has 0 aromatic rings. The zero-order valence-electron chi connectivity index (χ0n) is 8.38. The fourth-order valence-corrected chi connectivity index (χ4v) is 0.623. The Kier molecular flexibility index (Phi) is 4.17. The first-order valence-corrected chi connectivity index (χ1v) is 3.93. The van der Waals surface area contributed by atoms with E-state index < -0.39 is 5.97 Å². The molecule has 0 saturated heterocycles. The lowest BCUT2D eigenvalue weighted by Crippen LogP contribution is -2.39. The minimum atomic E-state index is -0.538. The number of nitrogens with one attached hydrogen (secondary N) is 1. The summed E-state index contributed by atoms with van der Waals surface area (Å²) in [6.07, 6.45) is 2.23. The van der Waals surface area contributed by atoms with Crippen LogP contribution in [0.25, 0.3) is 0 Å². The first kappa shape index (κ1) is 11.7. The fourth-order valence-electron chi connectivity index (χ4n) is 0.623. The maximum atomic E-state index is 11.1. The van der Waals surface area contributed by atoms with Crippen molar-refractivity contribution in [3.05, 3.63) is 12.2 Å². The molecule has 0 bridgehead atoms. The minimum absolute atomic E-state index is 0.294. The Morgan fingerprint density at radius 3 is 2.15 bits per heavy atom. The Morgan fingerprint density at radius 2 is 1.77 bits per heavy atom. The fraction of sp³-hybridized carbons (Fsp3) is 0.556. The van der Waals surface area contributed by atoms with Crippen molar-refractivity contribution >= 4 is 11.9 Å². The molecule has 0 unspecified atom stereocenters. The number of hydrogen-bond acceptors (Lipinski definition) is 3. The van der Waals surface area contributed by atoms with Gasteiger partial charge in [0.25, 0.3) is 0 Å². The molecule has 0 aliphatic heterocycles. The van der Waals surface area contributed by atoms with E-state index in [1.54, 1.807) is 0 Å². The van der Waals surface area contributed by atoms with Crippen LogP contribution in [-0.2, 0) is 14.3 Å². The molecule has 0 aromatic carbocycles. The highest BCUT2D eigenvalue weighted by molar-refractivity contribution is 5.94. The summed E-state index contributed by atoms with van der Waals surface area (Å²) in [5.74, 6) is -0.845. The van der Waals surface area contributed by atoms with Crippen LogP contribution in [0.3, 0.4) is 0 Å². The highest BCUT2D eigenvalue weighted by atomic mass is 16.5. The Bertz CT molecular complexity index is 226. The van der Waals surface area contributed by atoms with E-state index in [0.717, 1.165) is 12.2 Å². The second kappa shape index (κ2) is 4.64. The summed E-state index contributed by atoms with van der Waals surface area (Å²) in [4.78, 5) is 21.7. The van der Waals surface area contributed by atoms with Gasteiger partial charge in [0.15, 0.2) is 0 Å². The molecule has 13 heavy (non-hydrogen) atoms. The Hall–Kier alpha value is -1.32. The number of amides is 1. The van der Waals surface area contributed by atoms with Crippen LogP contribution in [0, 0.1) is 0 Å². The van der Waals surface area contributed by atoms with E-state index in [-0.39, 0.29) is 11.4 Å². The van der Waals surface area contributed by atoms with E-state index in [9.17, 15) is 9.59 Å². The lowest BCUT2D eigenvalue weighted by atomic mass is 10.1. The van der Waals surface area contributed by atoms with Crippen molar-refractivity contribution in [2.24, 2.45) is 0 Å². The number of ether oxygens (including phenoxy) is 1. The lowest BCUT2D eigenvalue weighted by molar-refractivity contribution is -0.135. The molecule has 74 valence electrons. The molecule has 0 radical (unpaired) electrons. The molecule has 1 N–H and O–H groups in total. The van der Waals surface area contributed by atoms with Crippen molar-refractivity contribution < 1.29 is 14.3 Å². The van der Waals surface area contributed by atoms with Gasteiger partial charge in [0.2, 0.25) is 5.91 Å². The Balaban J connectivity index is 4.02. The molecule has 0 atom stereocenters. The van der Waals surface area contributed by atoms with Gasteiger partial charge in [-0.2, -0.15) is 0 Å². The van der Waals surface area contributed by atoms with Gasteiger partial charge in [-0.3, -0.25) is 4.79 Å². The first-order valence-electron chi connectivity index (χ1n) is 3.93. The molecule has 0 spiro atoms. The van der Waals surface area contributed by atoms with Gasteiger partial charge >= 0.3 is 5.97 Å². The van der Waals surface area contributed by atoms with Crippen molar-refractivity contribution in [2.75, 3.05) is 7.11 Å². The molecule has 0 aliphatic carbocycles. The highest BCUT2D eigenvalue weighted by Crippen LogP contribution is 1.97. The summed E-state index contributed by atoms with van der Waals surface area (Å²) in [6.45, 7) is 5.57. The molecule has 4 heteroatoms. The van der Waals surface area contributed by atoms with Gasteiger partial charge in [-0.05, 0) is 20.8 Å². The van der Waals surface area contributed by atoms with Crippen LogP contribution in [-0.4, -0.2) is 24.5 Å². The summed E-state index contributed by atoms with van der Waals surface area (Å²) >= 11 is 0. The van der Waals surface area contributed by atoms with Gasteiger partial charge in [-0.15, -0.1) is 0 Å². The number of carbonyl (C=O) groups is 2. The van der Waals surface area contributed by atoms with Crippen molar-refractivity contribution in [3.63, 3.8) is 0 Å². The minimum Gasteiger partial charge on any atom is -0.466 e. The maximum Gasteiger partial charge on any atom is 0.330 e. The Labute approximate surface area is 78.0 Å². The molecule has 0 fully saturated rings. The van der Waals surface area contributed by atoms with Crippen LogP contribution >= 0.6 is 0 Å². The number of rotatable bonds is 2. The van der Waals surface area contributed by atoms with Gasteiger partial charge < -0.3 is 10.1 Å². The molecule has 0 saturated carbocycles. The second-order valence-corrected chi connectivity index (χ2v) is 3.60. The third-order valence-electron chi connectivity index (χ3n) is 1.07. The Morgan fingerprint density at radius 1 is 1.23 bits per heavy atom. The number of carbonyl (C=O) groups excluding carboxylic acids is 2. The van der Waals surface area contributed by atoms with E-state index in [2.05, 4.69) is 10.1 Å². The van der Waals surface area contributed by atoms with E-state index in [4.69, 9.17) is 0 Å². The van der Waals surface area contributed by atoms with Crippen molar-refractivity contribution in [1.29, 1.82) is 0 Å². The summed E-state index contributed by atoms with van der Waals surface area (Å²) in [7, 11) is 1.26. The van der Waals surface area contributed by atoms with E-state index in [1.165, 1.54) is 7.11 Å². The van der Waals surface area contributed by atoms with Crippen LogP contribution in [0.15, 0.2) is 12.2 Å². The largest absolute Gasteiger partial charge is 0.466 e. The molecular weight excluding hydrogens is 170 g/mol. The average Bonchev–Trinajstić information content (AvgIpc) is 1.97. The molecule has 1 amide bonds. The third-order valence-corrected chi connectivity index (χ3v) is 1.07. The van der Waals surface area contributed by atoms with Gasteiger partial charge in [0.05, 0.1) is 7.11 Å². The van der Waals surface area contributed by atoms with Gasteiger partial charge in [-0.1, -0.05) is 0 Å². The number of methoxy groups -OCH3 is 1. The van der Waals surface area contributed by atoms with Gasteiger partial charge in [0.1, 0.15) is 0 Å². The molecule has 0 rings (SSSR count). The topological polar surface area (TPSA) is 55.4 Å². The van der Waals surface area contributed by atoms with E-state index in [1.807, 2.05) is 20.8 Å². The zero-order chi connectivity index (χ0) is 10.5. The quantitative estimate of drug-likeness (QED) is 0.507. The smallest absolute Gasteiger partial charge is 0.330 e. The van der Waals surface area contributed by atoms with Crippen molar-refractivity contribution in [2.45, 2.75) is 26.3 Å². The summed E-state index contributed by atoms with van der Waals surface area (Å²) < 4.78 is 4.32. The SMILES string of the molecule is COC(=O)/C=C\C(=O)NC(C)(C)C. The highest BCUT2D eigenvalue weighted by Gasteiger charge is 2.11. The normalized spacial score (nSPS) is 11.4. The standard InChI is InChI=1S/C9H15NO3/c1-9(2,3)10-7(11)5-6-8(12)13-4/h5-6H,1-4H3,(H,10,11)/b6-5-. The predicted molar refractivity (Wildman–Crippen MR) is 49.1 cm³/mol. The second-order valence-electron chi connectivity index (χ2n) is 3.60. The first-order chi connectivity index (χ1) is 5.85.